The van der Waals surface area contributed by atoms with Gasteiger partial charge in [-0.05, 0) is 31.4 Å². The molecule has 2 amide bonds. The molecule has 0 saturated carbocycles. The van der Waals surface area contributed by atoms with E-state index in [0.717, 1.165) is 11.1 Å². The quantitative estimate of drug-likeness (QED) is 0.929. The zero-order chi connectivity index (χ0) is 15.6. The number of carboxylic acids is 1. The maximum absolute atomic E-state index is 12.4. The summed E-state index contributed by atoms with van der Waals surface area (Å²) in [5, 5.41) is 9.23. The number of aryl methyl sites for hydroxylation is 1. The van der Waals surface area contributed by atoms with Crippen molar-refractivity contribution in [3.05, 3.63) is 35.4 Å². The van der Waals surface area contributed by atoms with Gasteiger partial charge in [-0.1, -0.05) is 24.3 Å². The van der Waals surface area contributed by atoms with Gasteiger partial charge in [-0.25, -0.2) is 4.79 Å². The molecule has 1 atom stereocenters. The zero-order valence-corrected chi connectivity index (χ0v) is 12.8. The Balaban J connectivity index is 2.01. The Morgan fingerprint density at radius 2 is 2.05 bits per heavy atom. The van der Waals surface area contributed by atoms with Crippen molar-refractivity contribution in [3.8, 4) is 0 Å². The highest BCUT2D eigenvalue weighted by atomic mass is 16.4. The molecule has 5 heteroatoms. The summed E-state index contributed by atoms with van der Waals surface area (Å²) in [6.07, 6.45) is 0.506. The van der Waals surface area contributed by atoms with E-state index in [9.17, 15) is 14.7 Å². The maximum Gasteiger partial charge on any atom is 0.320 e. The summed E-state index contributed by atoms with van der Waals surface area (Å²) < 4.78 is 0. The van der Waals surface area contributed by atoms with Crippen molar-refractivity contribution in [3.63, 3.8) is 0 Å². The fraction of sp³-hybridized carbons (Fsp3) is 0.500. The number of benzene rings is 1. The van der Waals surface area contributed by atoms with Crippen LogP contribution in [-0.2, 0) is 11.3 Å². The van der Waals surface area contributed by atoms with Crippen LogP contribution in [0.15, 0.2) is 24.3 Å². The van der Waals surface area contributed by atoms with Crippen molar-refractivity contribution in [2.24, 2.45) is 5.41 Å². The first-order valence-corrected chi connectivity index (χ1v) is 7.11. The summed E-state index contributed by atoms with van der Waals surface area (Å²) in [6, 6.07) is 7.84. The van der Waals surface area contributed by atoms with Gasteiger partial charge in [-0.15, -0.1) is 0 Å². The molecule has 1 aromatic carbocycles. The molecule has 114 valence electrons. The van der Waals surface area contributed by atoms with Crippen molar-refractivity contribution in [1.29, 1.82) is 0 Å². The smallest absolute Gasteiger partial charge is 0.320 e. The largest absolute Gasteiger partial charge is 0.481 e. The van der Waals surface area contributed by atoms with Crippen LogP contribution in [-0.4, -0.2) is 47.0 Å². The Morgan fingerprint density at radius 3 is 2.62 bits per heavy atom. The van der Waals surface area contributed by atoms with Crippen molar-refractivity contribution in [1.82, 2.24) is 9.80 Å². The Hall–Kier alpha value is -2.04. The van der Waals surface area contributed by atoms with E-state index >= 15 is 0 Å². The van der Waals surface area contributed by atoms with Gasteiger partial charge in [-0.2, -0.15) is 0 Å². The van der Waals surface area contributed by atoms with Gasteiger partial charge in [0.1, 0.15) is 0 Å². The zero-order valence-electron chi connectivity index (χ0n) is 12.8. The number of aliphatic carboxylic acids is 1. The maximum atomic E-state index is 12.4. The molecule has 0 spiro atoms. The fourth-order valence-corrected chi connectivity index (χ4v) is 2.65. The molecule has 0 bridgehead atoms. The van der Waals surface area contributed by atoms with Crippen LogP contribution in [0.2, 0.25) is 0 Å². The average Bonchev–Trinajstić information content (AvgIpc) is 2.84. The minimum Gasteiger partial charge on any atom is -0.481 e. The van der Waals surface area contributed by atoms with Crippen LogP contribution >= 0.6 is 0 Å². The number of urea groups is 1. The highest BCUT2D eigenvalue weighted by molar-refractivity contribution is 5.79. The summed E-state index contributed by atoms with van der Waals surface area (Å²) in [4.78, 5) is 27.0. The number of hydrogen-bond acceptors (Lipinski definition) is 2. The lowest BCUT2D eigenvalue weighted by atomic mass is 9.90. The van der Waals surface area contributed by atoms with E-state index in [1.165, 1.54) is 0 Å². The normalized spacial score (nSPS) is 21.4. The van der Waals surface area contributed by atoms with Gasteiger partial charge in [0.2, 0.25) is 0 Å². The van der Waals surface area contributed by atoms with Crippen LogP contribution in [0.1, 0.15) is 24.5 Å². The second kappa shape index (κ2) is 5.76. The lowest BCUT2D eigenvalue weighted by Gasteiger charge is -2.26. The minimum absolute atomic E-state index is 0.108. The number of carbonyl (C=O) groups is 2. The van der Waals surface area contributed by atoms with Crippen LogP contribution < -0.4 is 0 Å². The number of nitrogens with zero attached hydrogens (tertiary/aromatic N) is 2. The molecule has 0 aromatic heterocycles. The minimum atomic E-state index is -0.834. The average molecular weight is 290 g/mol. The second-order valence-electron chi connectivity index (χ2n) is 6.10. The van der Waals surface area contributed by atoms with Gasteiger partial charge in [0, 0.05) is 26.7 Å². The monoisotopic (exact) mass is 290 g/mol. The molecule has 1 aliphatic rings. The van der Waals surface area contributed by atoms with E-state index in [0.29, 0.717) is 19.5 Å². The van der Waals surface area contributed by atoms with Crippen LogP contribution in [0.3, 0.4) is 0 Å². The van der Waals surface area contributed by atoms with Crippen molar-refractivity contribution in [2.45, 2.75) is 26.8 Å². The first-order valence-electron chi connectivity index (χ1n) is 7.11. The Bertz CT molecular complexity index is 558. The number of carbonyl (C=O) groups excluding carboxylic acids is 1. The number of rotatable bonds is 3. The molecule has 1 aliphatic heterocycles. The molecule has 1 N–H and O–H groups in total. The first kappa shape index (κ1) is 15.4. The van der Waals surface area contributed by atoms with Gasteiger partial charge in [0.05, 0.1) is 5.41 Å². The number of likely N-dealkylation sites (tertiary alicyclic amines) is 1. The highest BCUT2D eigenvalue weighted by Crippen LogP contribution is 2.30. The van der Waals surface area contributed by atoms with Gasteiger partial charge in [-0.3, -0.25) is 4.79 Å². The van der Waals surface area contributed by atoms with Crippen LogP contribution in [0.25, 0.3) is 0 Å². The molecule has 1 heterocycles. The van der Waals surface area contributed by atoms with Crippen LogP contribution in [0, 0.1) is 12.3 Å². The molecule has 1 aromatic rings. The predicted octanol–water partition coefficient (Wildman–Crippen LogP) is 2.34. The molecule has 1 unspecified atom stereocenters. The summed E-state index contributed by atoms with van der Waals surface area (Å²) in [7, 11) is 1.76. The third-order valence-electron chi connectivity index (χ3n) is 4.26. The number of amides is 2. The highest BCUT2D eigenvalue weighted by Gasteiger charge is 2.42. The van der Waals surface area contributed by atoms with Crippen LogP contribution in [0.4, 0.5) is 4.79 Å². The molecular weight excluding hydrogens is 268 g/mol. The lowest BCUT2D eigenvalue weighted by Crippen LogP contribution is -2.41. The summed E-state index contributed by atoms with van der Waals surface area (Å²) in [6.45, 7) is 5.03. The summed E-state index contributed by atoms with van der Waals surface area (Å²) >= 11 is 0. The third kappa shape index (κ3) is 3.17. The molecule has 21 heavy (non-hydrogen) atoms. The molecule has 5 nitrogen and oxygen atoms in total. The van der Waals surface area contributed by atoms with Crippen molar-refractivity contribution >= 4 is 12.0 Å². The van der Waals surface area contributed by atoms with E-state index in [1.807, 2.05) is 31.2 Å². The first-order chi connectivity index (χ1) is 9.83. The SMILES string of the molecule is Cc1ccccc1CN(C)C(=O)N1CCC(C)(C(=O)O)C1. The second-order valence-corrected chi connectivity index (χ2v) is 6.10. The van der Waals surface area contributed by atoms with E-state index in [2.05, 4.69) is 0 Å². The topological polar surface area (TPSA) is 60.9 Å². The molecular formula is C16H22N2O3. The third-order valence-corrected chi connectivity index (χ3v) is 4.26. The van der Waals surface area contributed by atoms with Crippen molar-refractivity contribution in [2.75, 3.05) is 20.1 Å². The van der Waals surface area contributed by atoms with Gasteiger partial charge in [0.25, 0.3) is 0 Å². The van der Waals surface area contributed by atoms with E-state index in [4.69, 9.17) is 0 Å². The Morgan fingerprint density at radius 1 is 1.38 bits per heavy atom. The summed E-state index contributed by atoms with van der Waals surface area (Å²) in [5.41, 5.74) is 1.43. The lowest BCUT2D eigenvalue weighted by molar-refractivity contribution is -0.147. The predicted molar refractivity (Wildman–Crippen MR) is 80.0 cm³/mol. The van der Waals surface area contributed by atoms with E-state index in [-0.39, 0.29) is 12.6 Å². The van der Waals surface area contributed by atoms with Gasteiger partial charge >= 0.3 is 12.0 Å². The van der Waals surface area contributed by atoms with E-state index in [1.54, 1.807) is 23.8 Å². The fourth-order valence-electron chi connectivity index (χ4n) is 2.65. The molecule has 0 aliphatic carbocycles. The molecule has 2 rings (SSSR count). The van der Waals surface area contributed by atoms with Crippen molar-refractivity contribution < 1.29 is 14.7 Å². The summed E-state index contributed by atoms with van der Waals surface area (Å²) in [5.74, 6) is -0.834. The Labute approximate surface area is 125 Å². The molecule has 1 fully saturated rings. The van der Waals surface area contributed by atoms with Gasteiger partial charge in [0.15, 0.2) is 0 Å². The molecule has 1 saturated heterocycles. The van der Waals surface area contributed by atoms with Crippen LogP contribution in [0.5, 0.6) is 0 Å². The van der Waals surface area contributed by atoms with E-state index < -0.39 is 11.4 Å². The van der Waals surface area contributed by atoms with Gasteiger partial charge < -0.3 is 14.9 Å². The Kier molecular flexibility index (Phi) is 4.21. The standard InChI is InChI=1S/C16H22N2O3/c1-12-6-4-5-7-13(12)10-17(3)15(21)18-9-8-16(2,11-18)14(19)20/h4-7H,8-11H2,1-3H3,(H,19,20). The number of carboxylic acid groups (broad SMARTS) is 1. The number of hydrogen-bond donors (Lipinski definition) is 1. The molecule has 0 radical (unpaired) electrons.